The molecule has 0 saturated carbocycles. The molecular weight excluding hydrogens is 342 g/mol. The van der Waals surface area contributed by atoms with Gasteiger partial charge in [0.2, 0.25) is 0 Å². The second-order valence-electron chi connectivity index (χ2n) is 5.81. The third-order valence-electron chi connectivity index (χ3n) is 3.76. The highest BCUT2D eigenvalue weighted by atomic mass is 16.5. The predicted molar refractivity (Wildman–Crippen MR) is 103 cm³/mol. The number of rotatable bonds is 5. The number of phenolic OH excluding ortho intramolecular Hbond substituents is 1. The van der Waals surface area contributed by atoms with E-state index in [1.54, 1.807) is 48.5 Å². The quantitative estimate of drug-likeness (QED) is 0.413. The van der Waals surface area contributed by atoms with Crippen molar-refractivity contribution in [3.05, 3.63) is 71.5 Å². The number of ether oxygens (including phenoxy) is 1. The topological polar surface area (TPSA) is 72.0 Å². The van der Waals surface area contributed by atoms with Gasteiger partial charge in [-0.25, -0.2) is 9.79 Å². The van der Waals surface area contributed by atoms with Crippen LogP contribution >= 0.6 is 0 Å². The van der Waals surface area contributed by atoms with E-state index in [0.717, 1.165) is 11.1 Å². The number of carbonyl (C=O) groups is 1. The summed E-state index contributed by atoms with van der Waals surface area (Å²) in [5, 5.41) is 9.84. The number of hydrogen-bond donors (Lipinski definition) is 1. The third-order valence-corrected chi connectivity index (χ3v) is 3.76. The fourth-order valence-corrected chi connectivity index (χ4v) is 2.44. The minimum atomic E-state index is -0.488. The van der Waals surface area contributed by atoms with E-state index in [4.69, 9.17) is 15.6 Å². The second kappa shape index (κ2) is 8.07. The van der Waals surface area contributed by atoms with Gasteiger partial charge in [0.15, 0.2) is 6.61 Å². The van der Waals surface area contributed by atoms with Crippen LogP contribution < -0.4 is 0 Å². The number of furan rings is 1. The molecule has 1 heterocycles. The molecule has 0 atom stereocenters. The first-order valence-corrected chi connectivity index (χ1v) is 8.21. The first-order chi connectivity index (χ1) is 13.1. The van der Waals surface area contributed by atoms with Crippen LogP contribution in [0, 0.1) is 19.3 Å². The second-order valence-corrected chi connectivity index (χ2v) is 5.81. The van der Waals surface area contributed by atoms with Crippen LogP contribution in [0.25, 0.3) is 11.3 Å². The highest BCUT2D eigenvalue weighted by Gasteiger charge is 2.10. The Balaban J connectivity index is 1.80. The minimum absolute atomic E-state index is 0.0732. The maximum Gasteiger partial charge on any atom is 0.339 e. The van der Waals surface area contributed by atoms with Gasteiger partial charge in [0, 0.05) is 5.56 Å². The van der Waals surface area contributed by atoms with Gasteiger partial charge in [0.1, 0.15) is 23.0 Å². The van der Waals surface area contributed by atoms with Crippen molar-refractivity contribution in [2.24, 2.45) is 4.99 Å². The summed E-state index contributed by atoms with van der Waals surface area (Å²) in [5.74, 6) is 2.97. The van der Waals surface area contributed by atoms with Crippen molar-refractivity contribution in [2.45, 2.75) is 6.92 Å². The van der Waals surface area contributed by atoms with Crippen molar-refractivity contribution >= 4 is 17.9 Å². The summed E-state index contributed by atoms with van der Waals surface area (Å²) in [6.07, 6.45) is 6.63. The van der Waals surface area contributed by atoms with Crippen LogP contribution in [0.1, 0.15) is 21.7 Å². The average molecular weight is 359 g/mol. The van der Waals surface area contributed by atoms with Gasteiger partial charge in [0.05, 0.1) is 11.8 Å². The monoisotopic (exact) mass is 359 g/mol. The number of carbonyl (C=O) groups excluding carboxylic acids is 1. The number of terminal acetylenes is 1. The fraction of sp³-hybridized carbons (Fsp3) is 0.0909. The van der Waals surface area contributed by atoms with Gasteiger partial charge in [-0.05, 0) is 48.9 Å². The van der Waals surface area contributed by atoms with Crippen molar-refractivity contribution in [1.82, 2.24) is 0 Å². The molecule has 0 radical (unpaired) electrons. The average Bonchev–Trinajstić information content (AvgIpc) is 3.16. The number of nitrogens with zero attached hydrogens (tertiary/aromatic N) is 1. The first-order valence-electron chi connectivity index (χ1n) is 8.21. The normalized spacial score (nSPS) is 10.7. The van der Waals surface area contributed by atoms with E-state index in [2.05, 4.69) is 10.9 Å². The molecule has 0 aliphatic carbocycles. The lowest BCUT2D eigenvalue weighted by molar-refractivity contribution is 0.0557. The van der Waals surface area contributed by atoms with E-state index in [9.17, 15) is 9.90 Å². The van der Waals surface area contributed by atoms with Gasteiger partial charge in [0.25, 0.3) is 0 Å². The Kier molecular flexibility index (Phi) is 5.38. The Hall–Kier alpha value is -3.78. The van der Waals surface area contributed by atoms with E-state index in [1.165, 1.54) is 6.21 Å². The Morgan fingerprint density at radius 3 is 2.93 bits per heavy atom. The summed E-state index contributed by atoms with van der Waals surface area (Å²) in [4.78, 5) is 16.2. The van der Waals surface area contributed by atoms with Crippen LogP contribution in [-0.2, 0) is 4.74 Å². The maximum atomic E-state index is 11.9. The molecule has 0 bridgehead atoms. The van der Waals surface area contributed by atoms with Crippen LogP contribution in [0.2, 0.25) is 0 Å². The van der Waals surface area contributed by atoms with E-state index in [-0.39, 0.29) is 12.4 Å². The summed E-state index contributed by atoms with van der Waals surface area (Å²) >= 11 is 0. The summed E-state index contributed by atoms with van der Waals surface area (Å²) in [7, 11) is 0. The van der Waals surface area contributed by atoms with Crippen molar-refractivity contribution in [3.63, 3.8) is 0 Å². The molecule has 1 aromatic heterocycles. The zero-order chi connectivity index (χ0) is 19.2. The van der Waals surface area contributed by atoms with Crippen LogP contribution in [0.5, 0.6) is 5.75 Å². The number of esters is 1. The van der Waals surface area contributed by atoms with Gasteiger partial charge in [-0.3, -0.25) is 0 Å². The number of benzene rings is 2. The zero-order valence-electron chi connectivity index (χ0n) is 14.7. The summed E-state index contributed by atoms with van der Waals surface area (Å²) in [6.45, 7) is 1.85. The lowest BCUT2D eigenvalue weighted by Gasteiger charge is -2.03. The molecule has 0 unspecified atom stereocenters. The molecular formula is C22H17NO4. The molecule has 0 fully saturated rings. The summed E-state index contributed by atoms with van der Waals surface area (Å²) < 4.78 is 10.7. The lowest BCUT2D eigenvalue weighted by Crippen LogP contribution is -2.05. The SMILES string of the molecule is C#CCOC(=O)c1cccc(-c2ccc(C=Nc3cc(C)ccc3O)o2)c1. The fourth-order valence-electron chi connectivity index (χ4n) is 2.44. The number of phenols is 1. The highest BCUT2D eigenvalue weighted by molar-refractivity contribution is 5.91. The molecule has 27 heavy (non-hydrogen) atoms. The largest absolute Gasteiger partial charge is 0.506 e. The summed E-state index contributed by atoms with van der Waals surface area (Å²) in [5.41, 5.74) is 2.57. The molecule has 0 spiro atoms. The highest BCUT2D eigenvalue weighted by Crippen LogP contribution is 2.27. The molecule has 3 rings (SSSR count). The Morgan fingerprint density at radius 1 is 1.26 bits per heavy atom. The third kappa shape index (κ3) is 4.44. The number of aryl methyl sites for hydroxylation is 1. The van der Waals surface area contributed by atoms with E-state index < -0.39 is 5.97 Å². The molecule has 5 heteroatoms. The van der Waals surface area contributed by atoms with Gasteiger partial charge in [-0.2, -0.15) is 0 Å². The van der Waals surface area contributed by atoms with Crippen LogP contribution in [0.4, 0.5) is 5.69 Å². The molecule has 134 valence electrons. The molecule has 0 aliphatic rings. The molecule has 2 aromatic carbocycles. The van der Waals surface area contributed by atoms with E-state index >= 15 is 0 Å². The first kappa shape index (κ1) is 18.0. The lowest BCUT2D eigenvalue weighted by atomic mass is 10.1. The van der Waals surface area contributed by atoms with Gasteiger partial charge in [-0.1, -0.05) is 24.1 Å². The Bertz CT molecular complexity index is 1040. The maximum absolute atomic E-state index is 11.9. The van der Waals surface area contributed by atoms with Crippen LogP contribution in [-0.4, -0.2) is 23.9 Å². The molecule has 0 amide bonds. The van der Waals surface area contributed by atoms with Gasteiger partial charge in [-0.15, -0.1) is 6.42 Å². The van der Waals surface area contributed by atoms with Crippen LogP contribution in [0.3, 0.4) is 0 Å². The van der Waals surface area contributed by atoms with E-state index in [1.807, 2.05) is 13.0 Å². The number of aromatic hydroxyl groups is 1. The van der Waals surface area contributed by atoms with Crippen molar-refractivity contribution in [3.8, 4) is 29.4 Å². The number of aliphatic imine (C=N–C) groups is 1. The molecule has 5 nitrogen and oxygen atoms in total. The van der Waals surface area contributed by atoms with Crippen LogP contribution in [0.15, 0.2) is 64.0 Å². The molecule has 0 saturated heterocycles. The number of hydrogen-bond acceptors (Lipinski definition) is 5. The zero-order valence-corrected chi connectivity index (χ0v) is 14.7. The summed E-state index contributed by atoms with van der Waals surface area (Å²) in [6, 6.07) is 15.6. The van der Waals surface area contributed by atoms with Crippen molar-refractivity contribution in [2.75, 3.05) is 6.61 Å². The molecule has 1 N–H and O–H groups in total. The molecule has 3 aromatic rings. The van der Waals surface area contributed by atoms with Crippen molar-refractivity contribution < 1.29 is 19.1 Å². The minimum Gasteiger partial charge on any atom is -0.506 e. The smallest absolute Gasteiger partial charge is 0.339 e. The Morgan fingerprint density at radius 2 is 2.11 bits per heavy atom. The molecule has 0 aliphatic heterocycles. The van der Waals surface area contributed by atoms with Gasteiger partial charge >= 0.3 is 5.97 Å². The Labute approximate surface area is 156 Å². The standard InChI is InChI=1S/C22H17NO4/c1-3-11-26-22(25)17-6-4-5-16(13-17)21-10-8-18(27-21)14-23-19-12-15(2)7-9-20(19)24/h1,4-10,12-14,24H,11H2,2H3. The van der Waals surface area contributed by atoms with Gasteiger partial charge < -0.3 is 14.3 Å². The van der Waals surface area contributed by atoms with Crippen molar-refractivity contribution in [1.29, 1.82) is 0 Å². The van der Waals surface area contributed by atoms with E-state index in [0.29, 0.717) is 22.8 Å². The predicted octanol–water partition coefficient (Wildman–Crippen LogP) is 4.50.